The topological polar surface area (TPSA) is 76.1 Å². The fourth-order valence-electron chi connectivity index (χ4n) is 10.7. The van der Waals surface area contributed by atoms with Gasteiger partial charge >= 0.3 is 0 Å². The molecular formula is C33H40O5. The normalized spacial score (nSPS) is 52.4. The molecule has 1 saturated heterocycles. The number of allylic oxidation sites excluding steroid dienone is 3. The van der Waals surface area contributed by atoms with Gasteiger partial charge in [0, 0.05) is 36.0 Å². The Kier molecular flexibility index (Phi) is 4.88. The molecule has 4 bridgehead atoms. The summed E-state index contributed by atoms with van der Waals surface area (Å²) in [7, 11) is 0. The molecule has 7 aliphatic rings. The average molecular weight is 517 g/mol. The standard InChI is InChI=1S/C33H40O5/c1-7-30(5)14-19(4)24-23-26(30)28(35)33-22(34)16-32(36,29(33)38-33)15-20-8-10-21(11-9-20)37-27(23)25-18(3)12-17(2)13-31(24,25)6/h7-11,14,17-18,23-27,29,36H,1,12-13,15-16H2,2-6H3/t17-,18+,23+,24-,25+,26?,27+,29+,30+,31+,32+,33+/m1/s1. The molecule has 1 aromatic carbocycles. The molecule has 12 atom stereocenters. The van der Waals surface area contributed by atoms with Crippen molar-refractivity contribution in [2.45, 2.75) is 83.7 Å². The van der Waals surface area contributed by atoms with Crippen LogP contribution in [0.1, 0.15) is 59.4 Å². The van der Waals surface area contributed by atoms with E-state index in [-0.39, 0.29) is 53.7 Å². The highest BCUT2D eigenvalue weighted by molar-refractivity contribution is 6.17. The molecule has 202 valence electrons. The van der Waals surface area contributed by atoms with Gasteiger partial charge in [-0.1, -0.05) is 57.6 Å². The summed E-state index contributed by atoms with van der Waals surface area (Å²) >= 11 is 0. The second kappa shape index (κ2) is 7.48. The molecule has 5 nitrogen and oxygen atoms in total. The van der Waals surface area contributed by atoms with Crippen LogP contribution in [-0.4, -0.2) is 40.1 Å². The Labute approximate surface area is 225 Å². The van der Waals surface area contributed by atoms with Gasteiger partial charge in [-0.15, -0.1) is 6.58 Å². The third kappa shape index (κ3) is 2.90. The second-order valence-electron chi connectivity index (χ2n) is 14.2. The minimum atomic E-state index is -1.56. The largest absolute Gasteiger partial charge is 0.490 e. The zero-order valence-electron chi connectivity index (χ0n) is 23.2. The SMILES string of the molecule is C=C[C@@]1(C)C=C(C)[C@@H]2[C@H]3C1C(=O)[C@]14O[C@H]1[C@@](O)(CC4=O)Cc1ccc(cc1)O[C@@H]3[C@@H]1[C@@H](C)C[C@@H](C)C[C@]12C. The number of hydrogen-bond donors (Lipinski definition) is 1. The van der Waals surface area contributed by atoms with Crippen LogP contribution in [0.2, 0.25) is 0 Å². The summed E-state index contributed by atoms with van der Waals surface area (Å²) in [5, 5.41) is 11.6. The summed E-state index contributed by atoms with van der Waals surface area (Å²) < 4.78 is 13.0. The molecule has 4 aliphatic carbocycles. The minimum Gasteiger partial charge on any atom is -0.490 e. The van der Waals surface area contributed by atoms with Crippen molar-refractivity contribution in [2.24, 2.45) is 46.3 Å². The van der Waals surface area contributed by atoms with Gasteiger partial charge in [-0.3, -0.25) is 9.59 Å². The summed E-state index contributed by atoms with van der Waals surface area (Å²) in [6.07, 6.45) is 5.58. The van der Waals surface area contributed by atoms with Gasteiger partial charge in [-0.2, -0.15) is 0 Å². The molecule has 3 aliphatic heterocycles. The summed E-state index contributed by atoms with van der Waals surface area (Å²) in [4.78, 5) is 28.5. The third-order valence-electron chi connectivity index (χ3n) is 11.6. The van der Waals surface area contributed by atoms with Crippen molar-refractivity contribution in [3.63, 3.8) is 0 Å². The predicted molar refractivity (Wildman–Crippen MR) is 143 cm³/mol. The van der Waals surface area contributed by atoms with E-state index in [0.717, 1.165) is 24.2 Å². The summed E-state index contributed by atoms with van der Waals surface area (Å²) in [6.45, 7) is 15.6. The van der Waals surface area contributed by atoms with E-state index in [1.165, 1.54) is 5.57 Å². The molecule has 4 fully saturated rings. The number of carbonyl (C=O) groups excluding carboxylic acids is 2. The molecule has 1 aromatic rings. The highest BCUT2D eigenvalue weighted by atomic mass is 16.6. The smallest absolute Gasteiger partial charge is 0.214 e. The van der Waals surface area contributed by atoms with Crippen LogP contribution in [-0.2, 0) is 20.7 Å². The number of rotatable bonds is 1. The van der Waals surface area contributed by atoms with Crippen molar-refractivity contribution in [2.75, 3.05) is 0 Å². The van der Waals surface area contributed by atoms with Crippen molar-refractivity contribution >= 4 is 11.6 Å². The van der Waals surface area contributed by atoms with E-state index < -0.39 is 28.6 Å². The summed E-state index contributed by atoms with van der Waals surface area (Å²) in [6, 6.07) is 7.94. The van der Waals surface area contributed by atoms with Crippen molar-refractivity contribution < 1.29 is 24.2 Å². The van der Waals surface area contributed by atoms with Crippen LogP contribution < -0.4 is 4.74 Å². The summed E-state index contributed by atoms with van der Waals surface area (Å²) in [5.41, 5.74) is -1.43. The molecule has 0 spiro atoms. The van der Waals surface area contributed by atoms with E-state index in [1.54, 1.807) is 0 Å². The molecule has 3 heterocycles. The van der Waals surface area contributed by atoms with Crippen LogP contribution in [0.15, 0.2) is 48.6 Å². The van der Waals surface area contributed by atoms with E-state index in [9.17, 15) is 14.7 Å². The first kappa shape index (κ1) is 24.8. The van der Waals surface area contributed by atoms with E-state index in [4.69, 9.17) is 9.47 Å². The lowest BCUT2D eigenvalue weighted by atomic mass is 9.53. The Morgan fingerprint density at radius 2 is 1.79 bits per heavy atom. The maximum absolute atomic E-state index is 14.9. The summed E-state index contributed by atoms with van der Waals surface area (Å²) in [5.74, 6) is 1.15. The van der Waals surface area contributed by atoms with Crippen molar-refractivity contribution in [1.82, 2.24) is 0 Å². The molecular weight excluding hydrogens is 476 g/mol. The van der Waals surface area contributed by atoms with Gasteiger partial charge in [-0.05, 0) is 60.6 Å². The number of benzene rings is 1. The molecule has 38 heavy (non-hydrogen) atoms. The van der Waals surface area contributed by atoms with Crippen molar-refractivity contribution in [3.05, 3.63) is 54.1 Å². The molecule has 1 unspecified atom stereocenters. The molecule has 0 radical (unpaired) electrons. The minimum absolute atomic E-state index is 0.0348. The van der Waals surface area contributed by atoms with Gasteiger partial charge in [0.1, 0.15) is 23.6 Å². The highest BCUT2D eigenvalue weighted by Crippen LogP contribution is 2.69. The first-order valence-electron chi connectivity index (χ1n) is 14.4. The Balaban J connectivity index is 1.48. The zero-order chi connectivity index (χ0) is 27.0. The molecule has 0 amide bonds. The molecule has 0 aromatic heterocycles. The molecule has 1 N–H and O–H groups in total. The monoisotopic (exact) mass is 516 g/mol. The van der Waals surface area contributed by atoms with Crippen LogP contribution >= 0.6 is 0 Å². The Morgan fingerprint density at radius 3 is 2.45 bits per heavy atom. The number of Topliss-reactive ketones (excluding diaryl/α,β-unsaturated/α-hetero) is 2. The number of ether oxygens (including phenoxy) is 2. The van der Waals surface area contributed by atoms with E-state index in [0.29, 0.717) is 11.8 Å². The lowest BCUT2D eigenvalue weighted by molar-refractivity contribution is -0.142. The first-order chi connectivity index (χ1) is 17.9. The Hall–Kier alpha value is -2.24. The van der Waals surface area contributed by atoms with Gasteiger partial charge in [0.15, 0.2) is 11.6 Å². The first-order valence-corrected chi connectivity index (χ1v) is 14.4. The van der Waals surface area contributed by atoms with Crippen LogP contribution in [0, 0.1) is 46.3 Å². The predicted octanol–water partition coefficient (Wildman–Crippen LogP) is 5.10. The van der Waals surface area contributed by atoms with E-state index in [2.05, 4.69) is 47.3 Å². The average Bonchev–Trinajstić information content (AvgIpc) is 3.50. The lowest BCUT2D eigenvalue weighted by Gasteiger charge is -2.50. The van der Waals surface area contributed by atoms with Gasteiger partial charge in [0.25, 0.3) is 0 Å². The van der Waals surface area contributed by atoms with Crippen LogP contribution in [0.3, 0.4) is 0 Å². The van der Waals surface area contributed by atoms with Gasteiger partial charge in [0.05, 0.1) is 0 Å². The second-order valence-corrected chi connectivity index (χ2v) is 14.2. The quantitative estimate of drug-likeness (QED) is 0.319. The van der Waals surface area contributed by atoms with Crippen LogP contribution in [0.4, 0.5) is 0 Å². The number of hydrogen-bond acceptors (Lipinski definition) is 5. The Morgan fingerprint density at radius 1 is 1.08 bits per heavy atom. The number of fused-ring (bicyclic) bond motifs is 4. The fourth-order valence-corrected chi connectivity index (χ4v) is 10.7. The fraction of sp³-hybridized carbons (Fsp3) is 0.636. The van der Waals surface area contributed by atoms with Crippen molar-refractivity contribution in [3.8, 4) is 5.75 Å². The maximum atomic E-state index is 14.9. The maximum Gasteiger partial charge on any atom is 0.214 e. The molecule has 8 rings (SSSR count). The Bertz CT molecular complexity index is 1280. The van der Waals surface area contributed by atoms with Crippen LogP contribution in [0.25, 0.3) is 0 Å². The number of carbonyl (C=O) groups is 2. The number of aliphatic hydroxyl groups is 1. The lowest BCUT2D eigenvalue weighted by Crippen LogP contribution is -2.53. The number of ketones is 2. The zero-order valence-corrected chi connectivity index (χ0v) is 23.2. The van der Waals surface area contributed by atoms with Crippen LogP contribution in [0.5, 0.6) is 5.75 Å². The van der Waals surface area contributed by atoms with Crippen molar-refractivity contribution in [1.29, 1.82) is 0 Å². The van der Waals surface area contributed by atoms with Gasteiger partial charge in [0.2, 0.25) is 5.60 Å². The van der Waals surface area contributed by atoms with E-state index in [1.807, 2.05) is 30.3 Å². The molecule has 3 saturated carbocycles. The highest BCUT2D eigenvalue weighted by Gasteiger charge is 2.82. The third-order valence-corrected chi connectivity index (χ3v) is 11.6. The number of epoxide rings is 1. The van der Waals surface area contributed by atoms with E-state index >= 15 is 0 Å². The molecule has 5 heteroatoms. The van der Waals surface area contributed by atoms with Gasteiger partial charge < -0.3 is 14.6 Å². The van der Waals surface area contributed by atoms with Gasteiger partial charge in [-0.25, -0.2) is 0 Å².